The van der Waals surface area contributed by atoms with E-state index in [1.165, 1.54) is 35.0 Å². The lowest BCUT2D eigenvalue weighted by molar-refractivity contribution is -0.0299. The number of carbonyl (C=O) groups is 1. The molecule has 12 nitrogen and oxygen atoms in total. The molecule has 0 spiro atoms. The largest absolute Gasteiger partial charge is 0.388 e. The third-order valence-corrected chi connectivity index (χ3v) is 4.46. The summed E-state index contributed by atoms with van der Waals surface area (Å²) >= 11 is 0. The quantitative estimate of drug-likeness (QED) is 0.431. The number of aromatic nitrogens is 6. The first kappa shape index (κ1) is 17.3. The molecule has 1 aliphatic heterocycles. The number of hydrogen-bond donors (Lipinski definition) is 4. The average Bonchev–Trinajstić information content (AvgIpc) is 3.36. The fourth-order valence-electron chi connectivity index (χ4n) is 2.97. The molecule has 1 amide bonds. The molecule has 3 aromatic rings. The van der Waals surface area contributed by atoms with Gasteiger partial charge in [-0.25, -0.2) is 9.67 Å². The molecule has 27 heavy (non-hydrogen) atoms. The highest BCUT2D eigenvalue weighted by atomic mass is 16.6. The zero-order chi connectivity index (χ0) is 19.3. The first-order chi connectivity index (χ1) is 12.9. The van der Waals surface area contributed by atoms with Crippen molar-refractivity contribution in [3.63, 3.8) is 0 Å². The Labute approximate surface area is 152 Å². The minimum atomic E-state index is -1.15. The minimum absolute atomic E-state index is 0.104. The number of nitrogen functional groups attached to an aromatic ring is 1. The summed E-state index contributed by atoms with van der Waals surface area (Å²) in [5, 5.41) is 26.8. The van der Waals surface area contributed by atoms with Crippen LogP contribution in [0.25, 0.3) is 17.1 Å². The lowest BCUT2D eigenvalue weighted by Gasteiger charge is -2.16. The van der Waals surface area contributed by atoms with E-state index in [-0.39, 0.29) is 17.7 Å². The fraction of sp³-hybridized carbons (Fsp3) is 0.400. The van der Waals surface area contributed by atoms with E-state index >= 15 is 0 Å². The number of fused-ring (bicyclic) bond motifs is 1. The molecule has 3 aromatic heterocycles. The van der Waals surface area contributed by atoms with Crippen LogP contribution in [0.2, 0.25) is 0 Å². The van der Waals surface area contributed by atoms with Gasteiger partial charge in [0.05, 0.1) is 24.2 Å². The number of anilines is 1. The predicted octanol–water partition coefficient (Wildman–Crippen LogP) is -1.41. The molecule has 1 aliphatic rings. The van der Waals surface area contributed by atoms with Gasteiger partial charge in [0.2, 0.25) is 0 Å². The molecule has 5 N–H and O–H groups in total. The zero-order valence-corrected chi connectivity index (χ0v) is 14.5. The lowest BCUT2D eigenvalue weighted by atomic mass is 10.1. The highest BCUT2D eigenvalue weighted by molar-refractivity contribution is 5.93. The molecule has 1 saturated heterocycles. The fourth-order valence-corrected chi connectivity index (χ4v) is 2.97. The molecule has 4 heterocycles. The number of hydrogen-bond acceptors (Lipinski definition) is 9. The third-order valence-electron chi connectivity index (χ3n) is 4.46. The maximum atomic E-state index is 11.7. The van der Waals surface area contributed by atoms with Gasteiger partial charge >= 0.3 is 0 Å². The predicted molar refractivity (Wildman–Crippen MR) is 91.8 cm³/mol. The molecule has 12 heteroatoms. The second-order valence-electron chi connectivity index (χ2n) is 6.20. The summed E-state index contributed by atoms with van der Waals surface area (Å²) in [5.41, 5.74) is 6.95. The van der Waals surface area contributed by atoms with Crippen LogP contribution >= 0.6 is 0 Å². The number of carbonyl (C=O) groups excluding carboxylic acids is 1. The molecule has 142 valence electrons. The van der Waals surface area contributed by atoms with Crippen molar-refractivity contribution in [3.05, 3.63) is 24.3 Å². The van der Waals surface area contributed by atoms with E-state index < -0.39 is 24.5 Å². The van der Waals surface area contributed by atoms with Gasteiger partial charge in [0.15, 0.2) is 17.7 Å². The van der Waals surface area contributed by atoms with Gasteiger partial charge in [-0.1, -0.05) is 0 Å². The highest BCUT2D eigenvalue weighted by Crippen LogP contribution is 2.32. The monoisotopic (exact) mass is 374 g/mol. The number of ether oxygens (including phenoxy) is 1. The summed E-state index contributed by atoms with van der Waals surface area (Å²) in [4.78, 5) is 24.4. The first-order valence-corrected chi connectivity index (χ1v) is 8.19. The average molecular weight is 374 g/mol. The van der Waals surface area contributed by atoms with Crippen LogP contribution in [0.4, 0.5) is 5.82 Å². The van der Waals surface area contributed by atoms with Crippen molar-refractivity contribution in [1.82, 2.24) is 34.6 Å². The Bertz CT molecular complexity index is 1010. The van der Waals surface area contributed by atoms with E-state index in [1.54, 1.807) is 6.92 Å². The Morgan fingerprint density at radius 1 is 1.33 bits per heavy atom. The van der Waals surface area contributed by atoms with Gasteiger partial charge in [0.25, 0.3) is 11.9 Å². The van der Waals surface area contributed by atoms with Gasteiger partial charge in [0.1, 0.15) is 17.7 Å². The second kappa shape index (κ2) is 6.26. The van der Waals surface area contributed by atoms with E-state index in [2.05, 4.69) is 25.4 Å². The van der Waals surface area contributed by atoms with Gasteiger partial charge in [-0.15, -0.1) is 0 Å². The molecule has 0 aliphatic carbocycles. The second-order valence-corrected chi connectivity index (χ2v) is 6.20. The van der Waals surface area contributed by atoms with Crippen molar-refractivity contribution in [2.45, 2.75) is 31.5 Å². The highest BCUT2D eigenvalue weighted by Gasteiger charge is 2.42. The minimum Gasteiger partial charge on any atom is -0.388 e. The molecule has 1 fully saturated rings. The maximum Gasteiger partial charge on any atom is 0.254 e. The van der Waals surface area contributed by atoms with Crippen molar-refractivity contribution < 1.29 is 19.7 Å². The number of aliphatic hydroxyl groups is 2. The molecule has 4 atom stereocenters. The summed E-state index contributed by atoms with van der Waals surface area (Å²) in [7, 11) is 1.51. The van der Waals surface area contributed by atoms with Crippen LogP contribution in [0.5, 0.6) is 0 Å². The van der Waals surface area contributed by atoms with Crippen LogP contribution in [0.1, 0.15) is 23.5 Å². The Morgan fingerprint density at radius 2 is 2.11 bits per heavy atom. The van der Waals surface area contributed by atoms with Crippen LogP contribution in [0, 0.1) is 0 Å². The summed E-state index contributed by atoms with van der Waals surface area (Å²) in [6.07, 6.45) is 0.642. The normalized spacial score (nSPS) is 25.2. The van der Waals surface area contributed by atoms with Gasteiger partial charge in [-0.3, -0.25) is 9.36 Å². The topological polar surface area (TPSA) is 166 Å². The van der Waals surface area contributed by atoms with Crippen molar-refractivity contribution in [1.29, 1.82) is 0 Å². The summed E-state index contributed by atoms with van der Waals surface area (Å²) < 4.78 is 8.41. The van der Waals surface area contributed by atoms with Gasteiger partial charge in [-0.2, -0.15) is 15.1 Å². The Hall–Kier alpha value is -3.09. The number of nitrogens with one attached hydrogen (secondary N) is 1. The zero-order valence-electron chi connectivity index (χ0n) is 14.5. The van der Waals surface area contributed by atoms with Crippen LogP contribution in [-0.4, -0.2) is 70.8 Å². The number of nitrogens with zero attached hydrogens (tertiary/aromatic N) is 6. The maximum absolute atomic E-state index is 11.7. The Morgan fingerprint density at radius 3 is 2.78 bits per heavy atom. The standard InChI is InChI=1S/C15H18N8O4/c1-6-9(24)10(25)14(27-6)22-5-18-8-11(16)20-15(21-12(8)22)23-4-7(3-19-23)13(26)17-2/h3-6,9-10,14,24-25H,1-2H3,(H,17,26)(H2,16,20,21)/t6-,9-,10-,14-/m1/s1. The first-order valence-electron chi connectivity index (χ1n) is 8.19. The van der Waals surface area contributed by atoms with Crippen molar-refractivity contribution in [3.8, 4) is 5.95 Å². The Balaban J connectivity index is 1.79. The molecule has 0 bridgehead atoms. The molecular weight excluding hydrogens is 356 g/mol. The molecule has 0 saturated carbocycles. The van der Waals surface area contributed by atoms with E-state index in [0.717, 1.165) is 0 Å². The molecule has 4 rings (SSSR count). The van der Waals surface area contributed by atoms with E-state index in [0.29, 0.717) is 16.7 Å². The molecule has 0 aromatic carbocycles. The summed E-state index contributed by atoms with van der Waals surface area (Å²) in [6, 6.07) is 0. The van der Waals surface area contributed by atoms with Crippen LogP contribution < -0.4 is 11.1 Å². The van der Waals surface area contributed by atoms with Gasteiger partial charge in [0, 0.05) is 13.2 Å². The van der Waals surface area contributed by atoms with Crippen LogP contribution in [0.15, 0.2) is 18.7 Å². The number of rotatable bonds is 3. The smallest absolute Gasteiger partial charge is 0.254 e. The lowest BCUT2D eigenvalue weighted by Crippen LogP contribution is -2.30. The van der Waals surface area contributed by atoms with Crippen LogP contribution in [0.3, 0.4) is 0 Å². The number of nitrogens with two attached hydrogens (primary N) is 1. The molecule has 0 radical (unpaired) electrons. The number of aliphatic hydroxyl groups excluding tert-OH is 2. The molecule has 0 unspecified atom stereocenters. The number of imidazole rings is 1. The summed E-state index contributed by atoms with van der Waals surface area (Å²) in [5.74, 6) is -0.0735. The van der Waals surface area contributed by atoms with Crippen LogP contribution in [-0.2, 0) is 4.74 Å². The van der Waals surface area contributed by atoms with E-state index in [1.807, 2.05) is 0 Å². The van der Waals surface area contributed by atoms with E-state index in [4.69, 9.17) is 10.5 Å². The van der Waals surface area contributed by atoms with Crippen molar-refractivity contribution >= 4 is 22.9 Å². The van der Waals surface area contributed by atoms with Crippen molar-refractivity contribution in [2.75, 3.05) is 12.8 Å². The number of amides is 1. The van der Waals surface area contributed by atoms with Gasteiger partial charge in [-0.05, 0) is 6.92 Å². The summed E-state index contributed by atoms with van der Waals surface area (Å²) in [6.45, 7) is 1.66. The Kier molecular flexibility index (Phi) is 4.02. The van der Waals surface area contributed by atoms with Gasteiger partial charge < -0.3 is 26.0 Å². The SMILES string of the molecule is CNC(=O)c1cnn(-c2nc(N)c3ncn([C@@H]4O[C@H](C)[C@@H](O)[C@H]4O)c3n2)c1. The van der Waals surface area contributed by atoms with Crippen molar-refractivity contribution in [2.24, 2.45) is 0 Å². The molecular formula is C15H18N8O4. The van der Waals surface area contributed by atoms with E-state index in [9.17, 15) is 15.0 Å². The third kappa shape index (κ3) is 2.70.